The molecule has 0 radical (unpaired) electrons. The van der Waals surface area contributed by atoms with Crippen molar-refractivity contribution < 1.29 is 9.90 Å². The minimum atomic E-state index is -0.967. The molecule has 0 spiro atoms. The van der Waals surface area contributed by atoms with Crippen LogP contribution in [0.25, 0.3) is 11.3 Å². The number of benzene rings is 1. The van der Waals surface area contributed by atoms with Crippen LogP contribution in [0, 0.1) is 0 Å². The van der Waals surface area contributed by atoms with Crippen molar-refractivity contribution >= 4 is 11.8 Å². The Morgan fingerprint density at radius 1 is 1.11 bits per heavy atom. The van der Waals surface area contributed by atoms with Gasteiger partial charge < -0.3 is 10.0 Å². The van der Waals surface area contributed by atoms with Gasteiger partial charge in [0.05, 0.1) is 5.69 Å². The van der Waals surface area contributed by atoms with Crippen molar-refractivity contribution in [2.24, 2.45) is 0 Å². The molecule has 18 heavy (non-hydrogen) atoms. The van der Waals surface area contributed by atoms with Crippen molar-refractivity contribution in [2.75, 3.05) is 19.0 Å². The third-order valence-corrected chi connectivity index (χ3v) is 2.60. The summed E-state index contributed by atoms with van der Waals surface area (Å²) in [6.07, 6.45) is 0. The average molecular weight is 242 g/mol. The van der Waals surface area contributed by atoms with Crippen LogP contribution in [0.15, 0.2) is 42.5 Å². The summed E-state index contributed by atoms with van der Waals surface area (Å²) in [5.74, 6) is -0.505. The number of carboxylic acid groups (broad SMARTS) is 1. The summed E-state index contributed by atoms with van der Waals surface area (Å²) in [6, 6.07) is 13.0. The molecule has 0 saturated heterocycles. The summed E-state index contributed by atoms with van der Waals surface area (Å²) >= 11 is 0. The molecule has 0 saturated carbocycles. The number of rotatable bonds is 3. The van der Waals surface area contributed by atoms with Crippen molar-refractivity contribution in [1.82, 2.24) is 4.98 Å². The van der Waals surface area contributed by atoms with Crippen molar-refractivity contribution in [3.05, 3.63) is 48.0 Å². The maximum absolute atomic E-state index is 11.1. The summed E-state index contributed by atoms with van der Waals surface area (Å²) in [5, 5.41) is 9.11. The molecule has 0 atom stereocenters. The van der Waals surface area contributed by atoms with E-state index in [9.17, 15) is 4.79 Å². The van der Waals surface area contributed by atoms with E-state index in [1.807, 2.05) is 30.3 Å². The van der Waals surface area contributed by atoms with E-state index in [2.05, 4.69) is 4.98 Å². The van der Waals surface area contributed by atoms with Gasteiger partial charge in [-0.25, -0.2) is 9.78 Å². The van der Waals surface area contributed by atoms with E-state index in [0.29, 0.717) is 5.82 Å². The average Bonchev–Trinajstić information content (AvgIpc) is 2.39. The smallest absolute Gasteiger partial charge is 0.339 e. The molecule has 2 aromatic rings. The van der Waals surface area contributed by atoms with Gasteiger partial charge in [0.25, 0.3) is 0 Å². The molecule has 0 aliphatic carbocycles. The lowest BCUT2D eigenvalue weighted by Crippen LogP contribution is -2.16. The van der Waals surface area contributed by atoms with E-state index in [1.165, 1.54) is 0 Å². The van der Waals surface area contributed by atoms with Crippen LogP contribution >= 0.6 is 0 Å². The van der Waals surface area contributed by atoms with Crippen LogP contribution in [0.3, 0.4) is 0 Å². The second kappa shape index (κ2) is 4.87. The predicted octanol–water partition coefficient (Wildman–Crippen LogP) is 2.51. The number of nitrogens with zero attached hydrogens (tertiary/aromatic N) is 2. The topological polar surface area (TPSA) is 53.4 Å². The Morgan fingerprint density at radius 3 is 2.33 bits per heavy atom. The third-order valence-electron chi connectivity index (χ3n) is 2.60. The molecule has 4 heteroatoms. The third kappa shape index (κ3) is 2.32. The Balaban J connectivity index is 2.54. The standard InChI is InChI=1S/C14H14N2O2/c1-16(2)13-11(14(17)18)8-9-12(15-13)10-6-4-3-5-7-10/h3-9H,1-2H3,(H,17,18). The summed E-state index contributed by atoms with van der Waals surface area (Å²) < 4.78 is 0. The normalized spacial score (nSPS) is 10.1. The Kier molecular flexibility index (Phi) is 3.28. The summed E-state index contributed by atoms with van der Waals surface area (Å²) in [5.41, 5.74) is 1.95. The highest BCUT2D eigenvalue weighted by molar-refractivity contribution is 5.93. The fraction of sp³-hybridized carbons (Fsp3) is 0.143. The van der Waals surface area contributed by atoms with Gasteiger partial charge in [-0.15, -0.1) is 0 Å². The van der Waals surface area contributed by atoms with Crippen molar-refractivity contribution in [3.8, 4) is 11.3 Å². The molecule has 92 valence electrons. The van der Waals surface area contributed by atoms with Crippen LogP contribution in [0.4, 0.5) is 5.82 Å². The number of carbonyl (C=O) groups is 1. The zero-order chi connectivity index (χ0) is 13.1. The van der Waals surface area contributed by atoms with Gasteiger partial charge >= 0.3 is 5.97 Å². The summed E-state index contributed by atoms with van der Waals surface area (Å²) in [4.78, 5) is 17.2. The van der Waals surface area contributed by atoms with E-state index >= 15 is 0 Å². The Labute approximate surface area is 106 Å². The number of hydrogen-bond acceptors (Lipinski definition) is 3. The van der Waals surface area contributed by atoms with E-state index < -0.39 is 5.97 Å². The Morgan fingerprint density at radius 2 is 1.78 bits per heavy atom. The molecule has 1 heterocycles. The summed E-state index contributed by atoms with van der Waals surface area (Å²) in [6.45, 7) is 0. The molecular formula is C14H14N2O2. The first-order chi connectivity index (χ1) is 8.59. The van der Waals surface area contributed by atoms with Gasteiger partial charge in [0.1, 0.15) is 11.4 Å². The second-order valence-electron chi connectivity index (χ2n) is 4.13. The molecule has 1 N–H and O–H groups in total. The van der Waals surface area contributed by atoms with E-state index in [1.54, 1.807) is 31.1 Å². The molecule has 1 aromatic carbocycles. The molecular weight excluding hydrogens is 228 g/mol. The first kappa shape index (κ1) is 12.1. The largest absolute Gasteiger partial charge is 0.478 e. The fourth-order valence-corrected chi connectivity index (χ4v) is 1.73. The maximum atomic E-state index is 11.1. The highest BCUT2D eigenvalue weighted by atomic mass is 16.4. The molecule has 4 nitrogen and oxygen atoms in total. The number of aromatic carboxylic acids is 1. The molecule has 0 fully saturated rings. The molecule has 0 unspecified atom stereocenters. The number of pyridine rings is 1. The zero-order valence-electron chi connectivity index (χ0n) is 10.3. The first-order valence-corrected chi connectivity index (χ1v) is 5.56. The van der Waals surface area contributed by atoms with Gasteiger partial charge in [-0.1, -0.05) is 30.3 Å². The molecule has 1 aromatic heterocycles. The molecule has 0 aliphatic heterocycles. The zero-order valence-corrected chi connectivity index (χ0v) is 10.3. The van der Waals surface area contributed by atoms with Gasteiger partial charge in [0.15, 0.2) is 0 Å². The maximum Gasteiger partial charge on any atom is 0.339 e. The fourth-order valence-electron chi connectivity index (χ4n) is 1.73. The quantitative estimate of drug-likeness (QED) is 0.898. The van der Waals surface area contributed by atoms with E-state index in [0.717, 1.165) is 11.3 Å². The number of carboxylic acids is 1. The van der Waals surface area contributed by atoms with Crippen LogP contribution in [0.5, 0.6) is 0 Å². The van der Waals surface area contributed by atoms with Crippen LogP contribution < -0.4 is 4.90 Å². The second-order valence-corrected chi connectivity index (χ2v) is 4.13. The number of hydrogen-bond donors (Lipinski definition) is 1. The predicted molar refractivity (Wildman–Crippen MR) is 71.0 cm³/mol. The van der Waals surface area contributed by atoms with Crippen molar-refractivity contribution in [2.45, 2.75) is 0 Å². The number of aromatic nitrogens is 1. The Bertz CT molecular complexity index is 565. The minimum absolute atomic E-state index is 0.208. The van der Waals surface area contributed by atoms with Crippen LogP contribution in [0.1, 0.15) is 10.4 Å². The molecule has 0 aliphatic rings. The van der Waals surface area contributed by atoms with Crippen LogP contribution in [0.2, 0.25) is 0 Å². The van der Waals surface area contributed by atoms with E-state index in [-0.39, 0.29) is 5.56 Å². The monoisotopic (exact) mass is 242 g/mol. The lowest BCUT2D eigenvalue weighted by atomic mass is 10.1. The van der Waals surface area contributed by atoms with Gasteiger partial charge in [0, 0.05) is 19.7 Å². The van der Waals surface area contributed by atoms with Gasteiger partial charge in [-0.2, -0.15) is 0 Å². The minimum Gasteiger partial charge on any atom is -0.478 e. The van der Waals surface area contributed by atoms with Gasteiger partial charge in [-0.3, -0.25) is 0 Å². The number of anilines is 1. The SMILES string of the molecule is CN(C)c1nc(-c2ccccc2)ccc1C(=O)O. The lowest BCUT2D eigenvalue weighted by molar-refractivity contribution is 0.0697. The van der Waals surface area contributed by atoms with Crippen LogP contribution in [-0.4, -0.2) is 30.2 Å². The van der Waals surface area contributed by atoms with Crippen molar-refractivity contribution in [1.29, 1.82) is 0 Å². The lowest BCUT2D eigenvalue weighted by Gasteiger charge is -2.15. The first-order valence-electron chi connectivity index (χ1n) is 5.56. The van der Waals surface area contributed by atoms with Crippen molar-refractivity contribution in [3.63, 3.8) is 0 Å². The highest BCUT2D eigenvalue weighted by Crippen LogP contribution is 2.23. The molecule has 2 rings (SSSR count). The molecule has 0 amide bonds. The van der Waals surface area contributed by atoms with Gasteiger partial charge in [0.2, 0.25) is 0 Å². The highest BCUT2D eigenvalue weighted by Gasteiger charge is 2.14. The van der Waals surface area contributed by atoms with Crippen LogP contribution in [-0.2, 0) is 0 Å². The summed E-state index contributed by atoms with van der Waals surface area (Å²) in [7, 11) is 3.56. The molecule has 0 bridgehead atoms. The van der Waals surface area contributed by atoms with E-state index in [4.69, 9.17) is 5.11 Å². The van der Waals surface area contributed by atoms with Gasteiger partial charge in [-0.05, 0) is 12.1 Å². The Hall–Kier alpha value is -2.36.